The van der Waals surface area contributed by atoms with E-state index >= 15 is 0 Å². The molecule has 0 bridgehead atoms. The highest BCUT2D eigenvalue weighted by Gasteiger charge is 2.46. The molecule has 21 heavy (non-hydrogen) atoms. The maximum Gasteiger partial charge on any atom is 0.219 e. The number of hydrogen-bond donors (Lipinski definition) is 1. The first kappa shape index (κ1) is 14.9. The van der Waals surface area contributed by atoms with Crippen LogP contribution in [0.4, 0.5) is 0 Å². The lowest BCUT2D eigenvalue weighted by molar-refractivity contribution is 0.0367. The van der Waals surface area contributed by atoms with Crippen molar-refractivity contribution in [2.45, 2.75) is 43.3 Å². The zero-order valence-electron chi connectivity index (χ0n) is 12.1. The third kappa shape index (κ3) is 2.70. The standard InChI is InChI=1S/C12H20N4O4S/c1-12(2)5-9(8-20-12)21(18,19)15-6-10(11(17)7-15)16-4-3-13-14-16/h3-4,9-11,17H,5-8H2,1-2H3/t9?,10-,11-/m1/s1. The average molecular weight is 316 g/mol. The van der Waals surface area contributed by atoms with Crippen molar-refractivity contribution in [1.29, 1.82) is 0 Å². The van der Waals surface area contributed by atoms with Crippen molar-refractivity contribution < 1.29 is 18.3 Å². The molecule has 0 saturated carbocycles. The molecule has 3 rings (SSSR count). The lowest BCUT2D eigenvalue weighted by atomic mass is 10.1. The topological polar surface area (TPSA) is 97.6 Å². The van der Waals surface area contributed by atoms with Gasteiger partial charge in [0.15, 0.2) is 0 Å². The maximum absolute atomic E-state index is 12.7. The number of sulfonamides is 1. The Morgan fingerprint density at radius 3 is 2.71 bits per heavy atom. The molecule has 1 aromatic heterocycles. The molecule has 1 aromatic rings. The molecule has 2 saturated heterocycles. The minimum absolute atomic E-state index is 0.0871. The molecule has 118 valence electrons. The van der Waals surface area contributed by atoms with Crippen molar-refractivity contribution in [3.8, 4) is 0 Å². The van der Waals surface area contributed by atoms with Crippen molar-refractivity contribution in [1.82, 2.24) is 19.3 Å². The normalized spacial score (nSPS) is 33.6. The molecule has 1 unspecified atom stereocenters. The van der Waals surface area contributed by atoms with Gasteiger partial charge in [0.2, 0.25) is 10.0 Å². The van der Waals surface area contributed by atoms with Crippen molar-refractivity contribution in [3.05, 3.63) is 12.4 Å². The van der Waals surface area contributed by atoms with E-state index in [1.54, 1.807) is 6.20 Å². The van der Waals surface area contributed by atoms with E-state index in [-0.39, 0.29) is 19.7 Å². The molecule has 2 fully saturated rings. The largest absolute Gasteiger partial charge is 0.389 e. The number of ether oxygens (including phenoxy) is 1. The fourth-order valence-electron chi connectivity index (χ4n) is 2.98. The predicted molar refractivity (Wildman–Crippen MR) is 74.0 cm³/mol. The number of aliphatic hydroxyl groups is 1. The Kier molecular flexibility index (Phi) is 3.55. The van der Waals surface area contributed by atoms with E-state index < -0.39 is 33.0 Å². The van der Waals surface area contributed by atoms with Crippen LogP contribution < -0.4 is 0 Å². The second kappa shape index (κ2) is 5.01. The first-order valence-corrected chi connectivity index (χ1v) is 8.47. The summed E-state index contributed by atoms with van der Waals surface area (Å²) in [5.41, 5.74) is -0.415. The van der Waals surface area contributed by atoms with Crippen molar-refractivity contribution in [2.75, 3.05) is 19.7 Å². The Morgan fingerprint density at radius 2 is 2.14 bits per heavy atom. The zero-order valence-corrected chi connectivity index (χ0v) is 12.9. The third-order valence-corrected chi connectivity index (χ3v) is 6.33. The van der Waals surface area contributed by atoms with E-state index in [1.807, 2.05) is 13.8 Å². The summed E-state index contributed by atoms with van der Waals surface area (Å²) in [6, 6.07) is -0.391. The van der Waals surface area contributed by atoms with Gasteiger partial charge in [0.25, 0.3) is 0 Å². The first-order valence-electron chi connectivity index (χ1n) is 6.96. The van der Waals surface area contributed by atoms with Crippen molar-refractivity contribution in [2.24, 2.45) is 0 Å². The number of aromatic nitrogens is 3. The smallest absolute Gasteiger partial charge is 0.219 e. The van der Waals surface area contributed by atoms with Gasteiger partial charge in [-0.2, -0.15) is 4.31 Å². The Bertz CT molecular complexity index is 601. The third-order valence-electron chi connectivity index (χ3n) is 4.17. The molecule has 0 amide bonds. The minimum Gasteiger partial charge on any atom is -0.389 e. The van der Waals surface area contributed by atoms with Crippen LogP contribution in [0, 0.1) is 0 Å². The summed E-state index contributed by atoms with van der Waals surface area (Å²) in [6.07, 6.45) is 2.83. The van der Waals surface area contributed by atoms with Gasteiger partial charge in [-0.1, -0.05) is 5.21 Å². The highest BCUT2D eigenvalue weighted by atomic mass is 32.2. The maximum atomic E-state index is 12.7. The second-order valence-electron chi connectivity index (χ2n) is 6.28. The Labute approximate surface area is 123 Å². The summed E-state index contributed by atoms with van der Waals surface area (Å²) < 4.78 is 33.7. The van der Waals surface area contributed by atoms with Crippen molar-refractivity contribution >= 4 is 10.0 Å². The van der Waals surface area contributed by atoms with Crippen LogP contribution in [-0.4, -0.2) is 69.5 Å². The number of rotatable bonds is 3. The molecule has 1 N–H and O–H groups in total. The van der Waals surface area contributed by atoms with Crippen LogP contribution in [0.15, 0.2) is 12.4 Å². The van der Waals surface area contributed by atoms with E-state index in [9.17, 15) is 13.5 Å². The van der Waals surface area contributed by atoms with Crippen LogP contribution in [0.5, 0.6) is 0 Å². The molecule has 3 heterocycles. The van der Waals surface area contributed by atoms with Gasteiger partial charge in [-0.3, -0.25) is 0 Å². The second-order valence-corrected chi connectivity index (χ2v) is 8.49. The highest BCUT2D eigenvalue weighted by Crippen LogP contribution is 2.33. The molecular formula is C12H20N4O4S. The summed E-state index contributed by atoms with van der Waals surface area (Å²) >= 11 is 0. The lowest BCUT2D eigenvalue weighted by Crippen LogP contribution is -2.38. The van der Waals surface area contributed by atoms with E-state index in [1.165, 1.54) is 15.2 Å². The van der Waals surface area contributed by atoms with Gasteiger partial charge < -0.3 is 9.84 Å². The van der Waals surface area contributed by atoms with Crippen LogP contribution in [0.3, 0.4) is 0 Å². The molecule has 0 spiro atoms. The number of aliphatic hydroxyl groups excluding tert-OH is 1. The Balaban J connectivity index is 1.76. The van der Waals surface area contributed by atoms with Gasteiger partial charge in [-0.15, -0.1) is 5.10 Å². The van der Waals surface area contributed by atoms with Gasteiger partial charge in [-0.25, -0.2) is 13.1 Å². The lowest BCUT2D eigenvalue weighted by Gasteiger charge is -2.21. The molecule has 8 nitrogen and oxygen atoms in total. The van der Waals surface area contributed by atoms with Gasteiger partial charge in [0.1, 0.15) is 5.25 Å². The van der Waals surface area contributed by atoms with Gasteiger partial charge >= 0.3 is 0 Å². The van der Waals surface area contributed by atoms with Gasteiger partial charge in [0, 0.05) is 19.3 Å². The van der Waals surface area contributed by atoms with Crippen LogP contribution in [0.1, 0.15) is 26.3 Å². The molecule has 3 atom stereocenters. The zero-order chi connectivity index (χ0) is 15.3. The molecular weight excluding hydrogens is 296 g/mol. The quantitative estimate of drug-likeness (QED) is 0.799. The van der Waals surface area contributed by atoms with E-state index in [0.717, 1.165) is 0 Å². The summed E-state index contributed by atoms with van der Waals surface area (Å²) in [7, 11) is -3.48. The summed E-state index contributed by atoms with van der Waals surface area (Å²) in [4.78, 5) is 0. The molecule has 2 aliphatic rings. The predicted octanol–water partition coefficient (Wildman–Crippen LogP) is -0.607. The average Bonchev–Trinajstić information content (AvgIpc) is 3.08. The summed E-state index contributed by atoms with van der Waals surface area (Å²) in [6.45, 7) is 4.28. The summed E-state index contributed by atoms with van der Waals surface area (Å²) in [5, 5.41) is 17.1. The Hall–Kier alpha value is -1.03. The number of nitrogens with zero attached hydrogens (tertiary/aromatic N) is 4. The molecule has 9 heteroatoms. The van der Waals surface area contributed by atoms with Gasteiger partial charge in [0.05, 0.1) is 30.6 Å². The number of hydrogen-bond acceptors (Lipinski definition) is 6. The monoisotopic (exact) mass is 316 g/mol. The SMILES string of the molecule is CC1(C)CC(S(=O)(=O)N2C[C@@H](O)[C@H](n3ccnn3)C2)CO1. The fourth-order valence-corrected chi connectivity index (χ4v) is 4.98. The minimum atomic E-state index is -3.48. The first-order chi connectivity index (χ1) is 9.79. The van der Waals surface area contributed by atoms with E-state index in [0.29, 0.717) is 6.42 Å². The van der Waals surface area contributed by atoms with Crippen molar-refractivity contribution in [3.63, 3.8) is 0 Å². The molecule has 0 aromatic carbocycles. The fraction of sp³-hybridized carbons (Fsp3) is 0.833. The molecule has 2 aliphatic heterocycles. The number of β-amino-alcohol motifs (C(OH)–C–C–N with tert-alkyl or cyclic N) is 1. The van der Waals surface area contributed by atoms with E-state index in [4.69, 9.17) is 4.74 Å². The van der Waals surface area contributed by atoms with Crippen LogP contribution >= 0.6 is 0 Å². The van der Waals surface area contributed by atoms with Crippen LogP contribution in [0.2, 0.25) is 0 Å². The summed E-state index contributed by atoms with van der Waals surface area (Å²) in [5.74, 6) is 0. The highest BCUT2D eigenvalue weighted by molar-refractivity contribution is 7.89. The van der Waals surface area contributed by atoms with Gasteiger partial charge in [-0.05, 0) is 20.3 Å². The molecule has 0 radical (unpaired) electrons. The Morgan fingerprint density at radius 1 is 1.38 bits per heavy atom. The molecule has 0 aliphatic carbocycles. The van der Waals surface area contributed by atoms with E-state index in [2.05, 4.69) is 10.3 Å². The van der Waals surface area contributed by atoms with Crippen LogP contribution in [0.25, 0.3) is 0 Å². The van der Waals surface area contributed by atoms with Crippen LogP contribution in [-0.2, 0) is 14.8 Å².